The van der Waals surface area contributed by atoms with Crippen molar-refractivity contribution in [1.82, 2.24) is 19.2 Å². The van der Waals surface area contributed by atoms with Crippen LogP contribution in [0, 0.1) is 0 Å². The number of hydrogen-bond donors (Lipinski definition) is 0. The number of hydrogen-bond acceptors (Lipinski definition) is 3. The highest BCUT2D eigenvalue weighted by molar-refractivity contribution is 5.84. The Morgan fingerprint density at radius 1 is 1.00 bits per heavy atom. The van der Waals surface area contributed by atoms with Gasteiger partial charge in [-0.2, -0.15) is 5.10 Å². The van der Waals surface area contributed by atoms with E-state index < -0.39 is 0 Å². The van der Waals surface area contributed by atoms with E-state index in [9.17, 15) is 4.79 Å². The number of ether oxygens (including phenoxy) is 1. The maximum Gasteiger partial charge on any atom is 0.261 e. The van der Waals surface area contributed by atoms with Gasteiger partial charge in [0.15, 0.2) is 6.61 Å². The molecule has 6 heteroatoms. The molecule has 0 fully saturated rings. The maximum absolute atomic E-state index is 12.9. The van der Waals surface area contributed by atoms with Crippen LogP contribution < -0.4 is 4.74 Å². The van der Waals surface area contributed by atoms with Crippen molar-refractivity contribution in [1.29, 1.82) is 0 Å². The normalized spacial score (nSPS) is 13.6. The quantitative estimate of drug-likeness (QED) is 0.494. The third-order valence-electron chi connectivity index (χ3n) is 5.65. The molecule has 158 valence electrons. The summed E-state index contributed by atoms with van der Waals surface area (Å²) in [7, 11) is 0. The van der Waals surface area contributed by atoms with Crippen molar-refractivity contribution in [3.05, 3.63) is 78.2 Å². The van der Waals surface area contributed by atoms with Crippen LogP contribution in [-0.2, 0) is 23.4 Å². The minimum absolute atomic E-state index is 0.0146. The van der Waals surface area contributed by atoms with Crippen LogP contribution in [0.15, 0.2) is 67.0 Å². The van der Waals surface area contributed by atoms with Gasteiger partial charge in [-0.25, -0.2) is 4.68 Å². The second kappa shape index (κ2) is 7.30. The number of carbonyl (C=O) groups is 1. The molecule has 0 radical (unpaired) electrons. The molecule has 1 aliphatic heterocycles. The molecular weight excluding hydrogens is 388 g/mol. The molecule has 0 spiro atoms. The zero-order valence-electron chi connectivity index (χ0n) is 18.1. The molecule has 0 aliphatic carbocycles. The first-order valence-electron chi connectivity index (χ1n) is 10.5. The van der Waals surface area contributed by atoms with Gasteiger partial charge in [-0.15, -0.1) is 0 Å². The zero-order chi connectivity index (χ0) is 21.6. The fraction of sp³-hybridized carbons (Fsp3) is 0.280. The van der Waals surface area contributed by atoms with Crippen LogP contribution in [0.2, 0.25) is 0 Å². The first kappa shape index (κ1) is 19.4. The van der Waals surface area contributed by atoms with E-state index in [0.717, 1.165) is 27.8 Å². The molecule has 31 heavy (non-hydrogen) atoms. The number of amides is 1. The summed E-state index contributed by atoms with van der Waals surface area (Å²) in [6, 6.07) is 18.0. The Bertz CT molecular complexity index is 1250. The smallest absolute Gasteiger partial charge is 0.261 e. The zero-order valence-corrected chi connectivity index (χ0v) is 18.1. The Balaban J connectivity index is 1.33. The molecule has 0 N–H and O–H groups in total. The Kier molecular flexibility index (Phi) is 4.58. The molecular formula is C25H26N4O2. The molecule has 6 nitrogen and oxygen atoms in total. The summed E-state index contributed by atoms with van der Waals surface area (Å²) < 4.78 is 9.96. The SMILES string of the molecule is CC(C)(C)n1nc2c(c1-n1cccc1)CN(C(=O)COc1ccc3ccccc3c1)C2. The Morgan fingerprint density at radius 2 is 1.74 bits per heavy atom. The van der Waals surface area contributed by atoms with E-state index >= 15 is 0 Å². The summed E-state index contributed by atoms with van der Waals surface area (Å²) in [5.41, 5.74) is 1.90. The predicted molar refractivity (Wildman–Crippen MR) is 120 cm³/mol. The van der Waals surface area contributed by atoms with Crippen molar-refractivity contribution >= 4 is 16.7 Å². The van der Waals surface area contributed by atoms with Gasteiger partial charge in [0.25, 0.3) is 5.91 Å². The molecule has 0 bridgehead atoms. The fourth-order valence-corrected chi connectivity index (χ4v) is 4.08. The van der Waals surface area contributed by atoms with E-state index in [-0.39, 0.29) is 18.1 Å². The number of fused-ring (bicyclic) bond motifs is 2. The molecule has 2 aromatic heterocycles. The summed E-state index contributed by atoms with van der Waals surface area (Å²) in [6.07, 6.45) is 4.04. The molecule has 0 saturated carbocycles. The number of rotatable bonds is 4. The van der Waals surface area contributed by atoms with Crippen LogP contribution >= 0.6 is 0 Å². The summed E-state index contributed by atoms with van der Waals surface area (Å²) in [5, 5.41) is 7.11. The van der Waals surface area contributed by atoms with Crippen molar-refractivity contribution in [3.63, 3.8) is 0 Å². The minimum atomic E-state index is -0.155. The lowest BCUT2D eigenvalue weighted by Gasteiger charge is -2.24. The van der Waals surface area contributed by atoms with E-state index in [2.05, 4.69) is 36.1 Å². The van der Waals surface area contributed by atoms with Crippen molar-refractivity contribution in [2.45, 2.75) is 39.4 Å². The second-order valence-electron chi connectivity index (χ2n) is 8.97. The van der Waals surface area contributed by atoms with Crippen molar-refractivity contribution in [3.8, 4) is 11.6 Å². The molecule has 4 aromatic rings. The standard InChI is InChI=1S/C25H26N4O2/c1-25(2,3)29-24(27-12-6-7-13-27)21-15-28(16-22(21)26-29)23(30)17-31-20-11-10-18-8-4-5-9-19(18)14-20/h4-14H,15-17H2,1-3H3. The van der Waals surface area contributed by atoms with Gasteiger partial charge >= 0.3 is 0 Å². The summed E-state index contributed by atoms with van der Waals surface area (Å²) >= 11 is 0. The molecule has 0 unspecified atom stereocenters. The van der Waals surface area contributed by atoms with Gasteiger partial charge in [-0.1, -0.05) is 30.3 Å². The summed E-state index contributed by atoms with van der Waals surface area (Å²) in [5.74, 6) is 1.69. The van der Waals surface area contributed by atoms with Gasteiger partial charge in [0, 0.05) is 18.0 Å². The van der Waals surface area contributed by atoms with E-state index in [1.54, 1.807) is 0 Å². The van der Waals surface area contributed by atoms with Crippen molar-refractivity contribution < 1.29 is 9.53 Å². The molecule has 0 saturated heterocycles. The maximum atomic E-state index is 12.9. The topological polar surface area (TPSA) is 52.3 Å². The van der Waals surface area contributed by atoms with E-state index in [4.69, 9.17) is 9.84 Å². The van der Waals surface area contributed by atoms with Crippen molar-refractivity contribution in [2.24, 2.45) is 0 Å². The van der Waals surface area contributed by atoms with Crippen LogP contribution in [0.1, 0.15) is 32.0 Å². The highest BCUT2D eigenvalue weighted by Crippen LogP contribution is 2.32. The molecule has 1 aliphatic rings. The van der Waals surface area contributed by atoms with E-state index in [1.165, 1.54) is 0 Å². The summed E-state index contributed by atoms with van der Waals surface area (Å²) in [4.78, 5) is 14.7. The number of carbonyl (C=O) groups excluding carboxylic acids is 1. The summed E-state index contributed by atoms with van der Waals surface area (Å²) in [6.45, 7) is 7.49. The van der Waals surface area contributed by atoms with Crippen LogP contribution in [0.4, 0.5) is 0 Å². The monoisotopic (exact) mass is 414 g/mol. The second-order valence-corrected chi connectivity index (χ2v) is 8.97. The molecule has 2 aromatic carbocycles. The highest BCUT2D eigenvalue weighted by Gasteiger charge is 2.33. The first-order chi connectivity index (χ1) is 14.9. The fourth-order valence-electron chi connectivity index (χ4n) is 4.08. The van der Waals surface area contributed by atoms with E-state index in [1.807, 2.05) is 65.8 Å². The van der Waals surface area contributed by atoms with Crippen LogP contribution in [0.5, 0.6) is 5.75 Å². The largest absolute Gasteiger partial charge is 0.484 e. The number of nitrogens with zero attached hydrogens (tertiary/aromatic N) is 4. The molecule has 0 atom stereocenters. The predicted octanol–water partition coefficient (Wildman–Crippen LogP) is 4.50. The van der Waals surface area contributed by atoms with Gasteiger partial charge in [-0.05, 0) is 55.8 Å². The average Bonchev–Trinajstić information content (AvgIpc) is 3.47. The van der Waals surface area contributed by atoms with Gasteiger partial charge in [-0.3, -0.25) is 4.79 Å². The van der Waals surface area contributed by atoms with Crippen LogP contribution in [-0.4, -0.2) is 31.8 Å². The first-order valence-corrected chi connectivity index (χ1v) is 10.5. The third kappa shape index (κ3) is 3.58. The molecule has 1 amide bonds. The Morgan fingerprint density at radius 3 is 2.48 bits per heavy atom. The van der Waals surface area contributed by atoms with E-state index in [0.29, 0.717) is 18.8 Å². The lowest BCUT2D eigenvalue weighted by atomic mass is 10.1. The van der Waals surface area contributed by atoms with Gasteiger partial charge in [0.05, 0.1) is 24.3 Å². The van der Waals surface area contributed by atoms with Gasteiger partial charge in [0.1, 0.15) is 11.6 Å². The molecule has 3 heterocycles. The highest BCUT2D eigenvalue weighted by atomic mass is 16.5. The van der Waals surface area contributed by atoms with Crippen LogP contribution in [0.3, 0.4) is 0 Å². The Labute approximate surface area is 181 Å². The number of benzene rings is 2. The average molecular weight is 415 g/mol. The lowest BCUT2D eigenvalue weighted by molar-refractivity contribution is -0.134. The van der Waals surface area contributed by atoms with Gasteiger partial charge in [0.2, 0.25) is 0 Å². The minimum Gasteiger partial charge on any atom is -0.484 e. The van der Waals surface area contributed by atoms with Gasteiger partial charge < -0.3 is 14.2 Å². The third-order valence-corrected chi connectivity index (χ3v) is 5.65. The Hall–Kier alpha value is -3.54. The van der Waals surface area contributed by atoms with Crippen LogP contribution in [0.25, 0.3) is 16.6 Å². The van der Waals surface area contributed by atoms with Crippen molar-refractivity contribution in [2.75, 3.05) is 6.61 Å². The number of aromatic nitrogens is 3. The lowest BCUT2D eigenvalue weighted by Crippen LogP contribution is -2.32. The molecule has 5 rings (SSSR count).